The highest BCUT2D eigenvalue weighted by atomic mass is 35.5. The fraction of sp³-hybridized carbons (Fsp3) is 0.267. The van der Waals surface area contributed by atoms with Crippen LogP contribution in [0.25, 0.3) is 11.1 Å². The maximum absolute atomic E-state index is 12.5. The Labute approximate surface area is 133 Å². The summed E-state index contributed by atoms with van der Waals surface area (Å²) in [5.74, 6) is 0. The van der Waals surface area contributed by atoms with E-state index >= 15 is 0 Å². The maximum Gasteiger partial charge on any atom is 0.191 e. The summed E-state index contributed by atoms with van der Waals surface area (Å²) in [6.45, 7) is 3.49. The molecule has 0 unspecified atom stereocenters. The Morgan fingerprint density at radius 3 is 2.48 bits per heavy atom. The molecule has 2 rings (SSSR count). The summed E-state index contributed by atoms with van der Waals surface area (Å²) in [6.07, 6.45) is 0.515. The van der Waals surface area contributed by atoms with Crippen molar-refractivity contribution in [3.63, 3.8) is 0 Å². The standard InChI is InChI=1S/C15H14ClNO2S2/c1-3-10(2)21(18,19)15-13(8-17)14(9-20-15)11-4-6-12(16)7-5-11/h4-7,9-10H,3H2,1-2H3/t10-/m0/s1. The zero-order valence-corrected chi connectivity index (χ0v) is 14.0. The summed E-state index contributed by atoms with van der Waals surface area (Å²) in [5, 5.41) is 11.2. The first-order valence-electron chi connectivity index (χ1n) is 6.43. The van der Waals surface area contributed by atoms with E-state index < -0.39 is 15.1 Å². The minimum Gasteiger partial charge on any atom is -0.223 e. The zero-order valence-electron chi connectivity index (χ0n) is 11.6. The van der Waals surface area contributed by atoms with Crippen LogP contribution in [-0.2, 0) is 9.84 Å². The van der Waals surface area contributed by atoms with Gasteiger partial charge in [0.05, 0.1) is 10.8 Å². The Bertz CT molecular complexity index is 786. The average molecular weight is 340 g/mol. The molecule has 3 nitrogen and oxygen atoms in total. The van der Waals surface area contributed by atoms with E-state index in [0.29, 0.717) is 17.0 Å². The van der Waals surface area contributed by atoms with Crippen LogP contribution in [0.15, 0.2) is 33.9 Å². The van der Waals surface area contributed by atoms with E-state index in [1.54, 1.807) is 36.6 Å². The minimum absolute atomic E-state index is 0.157. The van der Waals surface area contributed by atoms with E-state index in [9.17, 15) is 13.7 Å². The predicted molar refractivity (Wildman–Crippen MR) is 86.4 cm³/mol. The highest BCUT2D eigenvalue weighted by Gasteiger charge is 2.28. The van der Waals surface area contributed by atoms with Crippen molar-refractivity contribution < 1.29 is 8.42 Å². The summed E-state index contributed by atoms with van der Waals surface area (Å²) < 4.78 is 25.1. The van der Waals surface area contributed by atoms with Gasteiger partial charge < -0.3 is 0 Å². The maximum atomic E-state index is 12.5. The second-order valence-electron chi connectivity index (χ2n) is 4.69. The third kappa shape index (κ3) is 2.98. The molecule has 1 aromatic carbocycles. The number of sulfone groups is 1. The number of halogens is 1. The number of nitrogens with zero attached hydrogens (tertiary/aromatic N) is 1. The Morgan fingerprint density at radius 1 is 1.33 bits per heavy atom. The molecule has 0 aliphatic heterocycles. The first-order chi connectivity index (χ1) is 9.91. The Kier molecular flexibility index (Phi) is 4.72. The van der Waals surface area contributed by atoms with E-state index in [0.717, 1.165) is 16.9 Å². The molecule has 0 radical (unpaired) electrons. The lowest BCUT2D eigenvalue weighted by Crippen LogP contribution is -2.16. The van der Waals surface area contributed by atoms with Gasteiger partial charge in [-0.05, 0) is 31.0 Å². The van der Waals surface area contributed by atoms with Crippen LogP contribution in [0.4, 0.5) is 0 Å². The third-order valence-corrected chi connectivity index (χ3v) is 7.51. The van der Waals surface area contributed by atoms with Crippen molar-refractivity contribution in [1.29, 1.82) is 5.26 Å². The van der Waals surface area contributed by atoms with Crippen molar-refractivity contribution in [2.24, 2.45) is 0 Å². The molecule has 0 amide bonds. The SMILES string of the molecule is CC[C@H](C)S(=O)(=O)c1scc(-c2ccc(Cl)cc2)c1C#N. The van der Waals surface area contributed by atoms with E-state index in [4.69, 9.17) is 11.6 Å². The summed E-state index contributed by atoms with van der Waals surface area (Å²) in [5.41, 5.74) is 1.65. The number of hydrogen-bond acceptors (Lipinski definition) is 4. The fourth-order valence-corrected chi connectivity index (χ4v) is 5.20. The summed E-state index contributed by atoms with van der Waals surface area (Å²) in [7, 11) is -3.46. The van der Waals surface area contributed by atoms with Crippen LogP contribution >= 0.6 is 22.9 Å². The fourth-order valence-electron chi connectivity index (χ4n) is 1.90. The second-order valence-corrected chi connectivity index (χ2v) is 8.57. The van der Waals surface area contributed by atoms with Gasteiger partial charge in [-0.25, -0.2) is 8.42 Å². The Morgan fingerprint density at radius 2 is 1.95 bits per heavy atom. The van der Waals surface area contributed by atoms with Crippen LogP contribution in [0.2, 0.25) is 5.02 Å². The number of rotatable bonds is 4. The van der Waals surface area contributed by atoms with Gasteiger partial charge in [-0.2, -0.15) is 5.26 Å². The van der Waals surface area contributed by atoms with Crippen LogP contribution in [0.3, 0.4) is 0 Å². The van der Waals surface area contributed by atoms with Gasteiger partial charge in [0.1, 0.15) is 10.3 Å². The van der Waals surface area contributed by atoms with Gasteiger partial charge in [-0.1, -0.05) is 30.7 Å². The number of benzene rings is 1. The van der Waals surface area contributed by atoms with E-state index in [1.807, 2.05) is 13.0 Å². The van der Waals surface area contributed by atoms with Crippen LogP contribution in [0.5, 0.6) is 0 Å². The minimum atomic E-state index is -3.46. The highest BCUT2D eigenvalue weighted by molar-refractivity contribution is 7.94. The predicted octanol–water partition coefficient (Wildman–Crippen LogP) is 4.51. The quantitative estimate of drug-likeness (QED) is 0.823. The van der Waals surface area contributed by atoms with Crippen molar-refractivity contribution in [2.45, 2.75) is 29.7 Å². The van der Waals surface area contributed by atoms with Crippen LogP contribution in [-0.4, -0.2) is 13.7 Å². The molecule has 0 saturated carbocycles. The zero-order chi connectivity index (χ0) is 15.6. The largest absolute Gasteiger partial charge is 0.223 e. The average Bonchev–Trinajstić information content (AvgIpc) is 2.91. The highest BCUT2D eigenvalue weighted by Crippen LogP contribution is 2.36. The van der Waals surface area contributed by atoms with Crippen molar-refractivity contribution in [3.8, 4) is 17.2 Å². The molecular weight excluding hydrogens is 326 g/mol. The molecule has 2 aromatic rings. The number of hydrogen-bond donors (Lipinski definition) is 0. The topological polar surface area (TPSA) is 57.9 Å². The van der Waals surface area contributed by atoms with Gasteiger partial charge in [0.15, 0.2) is 9.84 Å². The third-order valence-electron chi connectivity index (χ3n) is 3.39. The molecule has 0 fully saturated rings. The van der Waals surface area contributed by atoms with Crippen LogP contribution in [0.1, 0.15) is 25.8 Å². The van der Waals surface area contributed by atoms with Gasteiger partial charge in [0, 0.05) is 16.0 Å². The molecule has 1 heterocycles. The summed E-state index contributed by atoms with van der Waals surface area (Å²) in [6, 6.07) is 9.05. The molecule has 1 aromatic heterocycles. The van der Waals surface area contributed by atoms with Gasteiger partial charge >= 0.3 is 0 Å². The van der Waals surface area contributed by atoms with Crippen molar-refractivity contribution in [2.75, 3.05) is 0 Å². The molecular formula is C15H14ClNO2S2. The van der Waals surface area contributed by atoms with Gasteiger partial charge in [-0.15, -0.1) is 11.3 Å². The van der Waals surface area contributed by atoms with Crippen molar-refractivity contribution in [3.05, 3.63) is 40.2 Å². The van der Waals surface area contributed by atoms with E-state index in [1.165, 1.54) is 0 Å². The second kappa shape index (κ2) is 6.18. The first kappa shape index (κ1) is 16.0. The summed E-state index contributed by atoms with van der Waals surface area (Å²) in [4.78, 5) is 0. The molecule has 0 N–H and O–H groups in total. The molecule has 110 valence electrons. The molecule has 0 aliphatic rings. The Hall–Kier alpha value is -1.35. The number of thiophene rings is 1. The lowest BCUT2D eigenvalue weighted by atomic mass is 10.1. The monoisotopic (exact) mass is 339 g/mol. The Balaban J connectivity index is 2.59. The van der Waals surface area contributed by atoms with E-state index in [-0.39, 0.29) is 9.77 Å². The molecule has 21 heavy (non-hydrogen) atoms. The molecule has 0 aliphatic carbocycles. The van der Waals surface area contributed by atoms with E-state index in [2.05, 4.69) is 0 Å². The smallest absolute Gasteiger partial charge is 0.191 e. The summed E-state index contributed by atoms with van der Waals surface area (Å²) >= 11 is 6.96. The molecule has 0 spiro atoms. The van der Waals surface area contributed by atoms with Gasteiger partial charge in [-0.3, -0.25) is 0 Å². The van der Waals surface area contributed by atoms with Crippen molar-refractivity contribution >= 4 is 32.8 Å². The number of nitriles is 1. The molecule has 0 saturated heterocycles. The van der Waals surface area contributed by atoms with Gasteiger partial charge in [0.2, 0.25) is 0 Å². The van der Waals surface area contributed by atoms with Crippen LogP contribution < -0.4 is 0 Å². The molecule has 1 atom stereocenters. The normalized spacial score (nSPS) is 12.9. The van der Waals surface area contributed by atoms with Crippen molar-refractivity contribution in [1.82, 2.24) is 0 Å². The first-order valence-corrected chi connectivity index (χ1v) is 9.23. The lowest BCUT2D eigenvalue weighted by molar-refractivity contribution is 0.583. The lowest BCUT2D eigenvalue weighted by Gasteiger charge is -2.09. The molecule has 0 bridgehead atoms. The molecule has 6 heteroatoms. The van der Waals surface area contributed by atoms with Crippen LogP contribution in [0, 0.1) is 11.3 Å². The van der Waals surface area contributed by atoms with Gasteiger partial charge in [0.25, 0.3) is 0 Å².